The maximum absolute atomic E-state index is 12.7. The Bertz CT molecular complexity index is 742. The molecule has 0 spiro atoms. The van der Waals surface area contributed by atoms with E-state index in [1.807, 2.05) is 26.8 Å². The molecule has 0 fully saturated rings. The Labute approximate surface area is 141 Å². The van der Waals surface area contributed by atoms with E-state index in [1.54, 1.807) is 54.5 Å². The lowest BCUT2D eigenvalue weighted by Gasteiger charge is -2.35. The molecule has 1 aromatic heterocycles. The molecule has 126 valence electrons. The summed E-state index contributed by atoms with van der Waals surface area (Å²) < 4.78 is 1.65. The van der Waals surface area contributed by atoms with Gasteiger partial charge in [0.25, 0.3) is 11.8 Å². The van der Waals surface area contributed by atoms with Gasteiger partial charge in [-0.3, -0.25) is 19.7 Å². The van der Waals surface area contributed by atoms with Crippen molar-refractivity contribution in [1.82, 2.24) is 20.2 Å². The number of hydrazine groups is 1. The molecule has 2 aromatic rings. The van der Waals surface area contributed by atoms with Gasteiger partial charge in [0.05, 0.1) is 11.7 Å². The summed E-state index contributed by atoms with van der Waals surface area (Å²) in [6.07, 6.45) is 6.48. The molecule has 6 heteroatoms. The van der Waals surface area contributed by atoms with Crippen LogP contribution in [0.3, 0.4) is 0 Å². The minimum Gasteiger partial charge on any atom is -0.275 e. The molecule has 0 aliphatic carbocycles. The molecule has 24 heavy (non-hydrogen) atoms. The molecule has 0 aliphatic heterocycles. The van der Waals surface area contributed by atoms with Gasteiger partial charge < -0.3 is 0 Å². The summed E-state index contributed by atoms with van der Waals surface area (Å²) in [5.41, 5.74) is 3.43. The van der Waals surface area contributed by atoms with Crippen LogP contribution in [-0.2, 0) is 11.8 Å². The zero-order valence-electron chi connectivity index (χ0n) is 14.4. The van der Waals surface area contributed by atoms with Crippen LogP contribution in [-0.4, -0.2) is 32.1 Å². The standard InChI is InChI=1S/C18H22N4O2/c1-18(2,3)22(17(24)15-8-6-5-7-9-15)20-16(23)11-10-14-12-19-21(4)13-14/h5-13H,1-4H3,(H,20,23). The van der Waals surface area contributed by atoms with Crippen LogP contribution in [0.15, 0.2) is 48.8 Å². The number of rotatable bonds is 3. The third-order valence-electron chi connectivity index (χ3n) is 3.27. The van der Waals surface area contributed by atoms with Crippen LogP contribution in [0.2, 0.25) is 0 Å². The second-order valence-corrected chi connectivity index (χ2v) is 6.43. The summed E-state index contributed by atoms with van der Waals surface area (Å²) in [5, 5.41) is 5.38. The van der Waals surface area contributed by atoms with Gasteiger partial charge >= 0.3 is 0 Å². The molecule has 1 aromatic carbocycles. The van der Waals surface area contributed by atoms with Crippen molar-refractivity contribution in [3.8, 4) is 0 Å². The summed E-state index contributed by atoms with van der Waals surface area (Å²) in [4.78, 5) is 24.9. The number of carbonyl (C=O) groups excluding carboxylic acids is 2. The van der Waals surface area contributed by atoms with Gasteiger partial charge in [-0.25, -0.2) is 5.01 Å². The largest absolute Gasteiger partial charge is 0.275 e. The number of aromatic nitrogens is 2. The molecule has 0 unspecified atom stereocenters. The fraction of sp³-hybridized carbons (Fsp3) is 0.278. The number of nitrogens with one attached hydrogen (secondary N) is 1. The molecule has 0 radical (unpaired) electrons. The van der Waals surface area contributed by atoms with Gasteiger partial charge in [-0.15, -0.1) is 0 Å². The second kappa shape index (κ2) is 7.12. The van der Waals surface area contributed by atoms with Crippen molar-refractivity contribution in [3.05, 3.63) is 59.9 Å². The Hall–Kier alpha value is -2.89. The number of amides is 2. The van der Waals surface area contributed by atoms with E-state index in [9.17, 15) is 9.59 Å². The first-order valence-electron chi connectivity index (χ1n) is 7.64. The Kier molecular flexibility index (Phi) is 5.18. The second-order valence-electron chi connectivity index (χ2n) is 6.43. The predicted octanol–water partition coefficient (Wildman–Crippen LogP) is 2.41. The molecule has 0 aliphatic rings. The highest BCUT2D eigenvalue weighted by molar-refractivity contribution is 5.98. The Morgan fingerprint density at radius 2 is 1.88 bits per heavy atom. The molecule has 6 nitrogen and oxygen atoms in total. The van der Waals surface area contributed by atoms with E-state index in [1.165, 1.54) is 11.1 Å². The molecule has 2 rings (SSSR count). The first kappa shape index (κ1) is 17.5. The first-order chi connectivity index (χ1) is 11.3. The van der Waals surface area contributed by atoms with E-state index >= 15 is 0 Å². The number of hydrogen-bond acceptors (Lipinski definition) is 3. The van der Waals surface area contributed by atoms with E-state index in [0.717, 1.165) is 5.56 Å². The number of aryl methyl sites for hydroxylation is 1. The minimum atomic E-state index is -0.565. The lowest BCUT2D eigenvalue weighted by Crippen LogP contribution is -2.55. The van der Waals surface area contributed by atoms with E-state index in [0.29, 0.717) is 5.56 Å². The quantitative estimate of drug-likeness (QED) is 0.696. The van der Waals surface area contributed by atoms with Crippen LogP contribution in [0, 0.1) is 0 Å². The number of nitrogens with zero attached hydrogens (tertiary/aromatic N) is 3. The van der Waals surface area contributed by atoms with E-state index in [2.05, 4.69) is 10.5 Å². The summed E-state index contributed by atoms with van der Waals surface area (Å²) in [6.45, 7) is 5.58. The van der Waals surface area contributed by atoms with Crippen molar-refractivity contribution < 1.29 is 9.59 Å². The van der Waals surface area contributed by atoms with Crippen LogP contribution >= 0.6 is 0 Å². The molecule has 0 bridgehead atoms. The normalized spacial score (nSPS) is 11.5. The minimum absolute atomic E-state index is 0.258. The topological polar surface area (TPSA) is 67.2 Å². The Balaban J connectivity index is 2.13. The zero-order valence-corrected chi connectivity index (χ0v) is 14.4. The molecule has 1 N–H and O–H groups in total. The van der Waals surface area contributed by atoms with Gasteiger partial charge in [-0.05, 0) is 39.0 Å². The average Bonchev–Trinajstić information content (AvgIpc) is 2.95. The maximum atomic E-state index is 12.7. The van der Waals surface area contributed by atoms with E-state index in [4.69, 9.17) is 0 Å². The number of hydrogen-bond donors (Lipinski definition) is 1. The molecule has 0 atom stereocenters. The Morgan fingerprint density at radius 3 is 2.42 bits per heavy atom. The molecule has 0 saturated carbocycles. The number of benzene rings is 1. The van der Waals surface area contributed by atoms with Gasteiger partial charge in [-0.1, -0.05) is 18.2 Å². The lowest BCUT2D eigenvalue weighted by molar-refractivity contribution is -0.122. The molecule has 0 saturated heterocycles. The van der Waals surface area contributed by atoms with E-state index in [-0.39, 0.29) is 11.8 Å². The highest BCUT2D eigenvalue weighted by atomic mass is 16.2. The molecule has 1 heterocycles. The monoisotopic (exact) mass is 326 g/mol. The van der Waals surface area contributed by atoms with Crippen molar-refractivity contribution in [2.75, 3.05) is 0 Å². The summed E-state index contributed by atoms with van der Waals surface area (Å²) >= 11 is 0. The van der Waals surface area contributed by atoms with Crippen molar-refractivity contribution in [1.29, 1.82) is 0 Å². The van der Waals surface area contributed by atoms with E-state index < -0.39 is 5.54 Å². The van der Waals surface area contributed by atoms with Gasteiger partial charge in [0, 0.05) is 30.4 Å². The van der Waals surface area contributed by atoms with Gasteiger partial charge in [-0.2, -0.15) is 5.10 Å². The van der Waals surface area contributed by atoms with Crippen LogP contribution in [0.1, 0.15) is 36.7 Å². The van der Waals surface area contributed by atoms with Crippen molar-refractivity contribution >= 4 is 17.9 Å². The van der Waals surface area contributed by atoms with Crippen molar-refractivity contribution in [3.63, 3.8) is 0 Å². The van der Waals surface area contributed by atoms with Crippen molar-refractivity contribution in [2.45, 2.75) is 26.3 Å². The SMILES string of the molecule is Cn1cc(C=CC(=O)NN(C(=O)c2ccccc2)C(C)(C)C)cn1. The zero-order chi connectivity index (χ0) is 17.7. The fourth-order valence-corrected chi connectivity index (χ4v) is 2.08. The van der Waals surface area contributed by atoms with Crippen molar-refractivity contribution in [2.24, 2.45) is 7.05 Å². The van der Waals surface area contributed by atoms with Crippen LogP contribution < -0.4 is 5.43 Å². The highest BCUT2D eigenvalue weighted by Crippen LogP contribution is 2.15. The van der Waals surface area contributed by atoms with Crippen LogP contribution in [0.25, 0.3) is 6.08 Å². The first-order valence-corrected chi connectivity index (χ1v) is 7.64. The highest BCUT2D eigenvalue weighted by Gasteiger charge is 2.28. The van der Waals surface area contributed by atoms with Gasteiger partial charge in [0.15, 0.2) is 0 Å². The summed E-state index contributed by atoms with van der Waals surface area (Å²) in [7, 11) is 1.80. The number of carbonyl (C=O) groups is 2. The maximum Gasteiger partial charge on any atom is 0.272 e. The summed E-state index contributed by atoms with van der Waals surface area (Å²) in [6, 6.07) is 8.86. The summed E-state index contributed by atoms with van der Waals surface area (Å²) in [5.74, 6) is -0.635. The van der Waals surface area contributed by atoms with Gasteiger partial charge in [0.1, 0.15) is 0 Å². The predicted molar refractivity (Wildman–Crippen MR) is 92.7 cm³/mol. The molecular weight excluding hydrogens is 304 g/mol. The fourth-order valence-electron chi connectivity index (χ4n) is 2.08. The third-order valence-corrected chi connectivity index (χ3v) is 3.27. The average molecular weight is 326 g/mol. The lowest BCUT2D eigenvalue weighted by atomic mass is 10.1. The van der Waals surface area contributed by atoms with Crippen LogP contribution in [0.5, 0.6) is 0 Å². The van der Waals surface area contributed by atoms with Crippen LogP contribution in [0.4, 0.5) is 0 Å². The smallest absolute Gasteiger partial charge is 0.272 e. The third kappa shape index (κ3) is 4.55. The molecule has 2 amide bonds. The molecular formula is C18H22N4O2. The van der Waals surface area contributed by atoms with Gasteiger partial charge in [0.2, 0.25) is 0 Å². The Morgan fingerprint density at radius 1 is 1.21 bits per heavy atom.